The average Bonchev–Trinajstić information content (AvgIpc) is 3.13. The Bertz CT molecular complexity index is 501. The summed E-state index contributed by atoms with van der Waals surface area (Å²) in [6, 6.07) is 9.97. The van der Waals surface area contributed by atoms with Gasteiger partial charge in [0.05, 0.1) is 6.61 Å². The van der Waals surface area contributed by atoms with Crippen LogP contribution in [-0.4, -0.2) is 49.0 Å². The van der Waals surface area contributed by atoms with Gasteiger partial charge in [-0.05, 0) is 38.8 Å². The van der Waals surface area contributed by atoms with Gasteiger partial charge < -0.3 is 19.5 Å². The minimum Gasteiger partial charge on any atom is -0.384 e. The Morgan fingerprint density at radius 1 is 1.04 bits per heavy atom. The molecule has 1 heterocycles. The summed E-state index contributed by atoms with van der Waals surface area (Å²) in [5.41, 5.74) is -0.0508. The van der Waals surface area contributed by atoms with Gasteiger partial charge >= 0.3 is 0 Å². The first kappa shape index (κ1) is 20.7. The number of methoxy groups -OCH3 is 1. The Morgan fingerprint density at radius 2 is 1.68 bits per heavy atom. The van der Waals surface area contributed by atoms with E-state index in [4.69, 9.17) is 9.47 Å². The highest BCUT2D eigenvalue weighted by Crippen LogP contribution is 2.46. The molecule has 2 aliphatic rings. The molecule has 0 spiro atoms. The number of aliphatic hydroxyl groups is 1. The molecule has 0 radical (unpaired) electrons. The normalized spacial score (nSPS) is 23.0. The number of benzene rings is 1. The van der Waals surface area contributed by atoms with Crippen LogP contribution in [-0.2, 0) is 15.3 Å². The van der Waals surface area contributed by atoms with Gasteiger partial charge in [0.1, 0.15) is 5.60 Å². The SMILES string of the molecule is COC(OCCN1CCCC1)(c1ccccc1)C1(O)CCCCC1.Cl. The van der Waals surface area contributed by atoms with Gasteiger partial charge in [-0.15, -0.1) is 12.4 Å². The molecule has 1 aromatic rings. The Kier molecular flexibility index (Phi) is 7.71. The lowest BCUT2D eigenvalue weighted by Gasteiger charge is -2.48. The van der Waals surface area contributed by atoms with Crippen molar-refractivity contribution in [1.82, 2.24) is 4.90 Å². The highest BCUT2D eigenvalue weighted by atomic mass is 35.5. The van der Waals surface area contributed by atoms with Crippen molar-refractivity contribution in [2.75, 3.05) is 33.4 Å². The summed E-state index contributed by atoms with van der Waals surface area (Å²) >= 11 is 0. The zero-order chi connectivity index (χ0) is 16.9. The lowest BCUT2D eigenvalue weighted by Crippen LogP contribution is -2.56. The first-order chi connectivity index (χ1) is 11.7. The third-order valence-corrected chi connectivity index (χ3v) is 5.65. The fourth-order valence-corrected chi connectivity index (χ4v) is 4.30. The summed E-state index contributed by atoms with van der Waals surface area (Å²) in [6.45, 7) is 3.77. The maximum atomic E-state index is 11.5. The van der Waals surface area contributed by atoms with Gasteiger partial charge in [-0.25, -0.2) is 0 Å². The molecule has 1 saturated heterocycles. The molecule has 1 N–H and O–H groups in total. The first-order valence-corrected chi connectivity index (χ1v) is 9.40. The van der Waals surface area contributed by atoms with Crippen LogP contribution in [0.15, 0.2) is 30.3 Å². The Balaban J connectivity index is 0.00000225. The van der Waals surface area contributed by atoms with Crippen LogP contribution in [0.1, 0.15) is 50.5 Å². The molecule has 1 saturated carbocycles. The maximum Gasteiger partial charge on any atom is 0.224 e. The third kappa shape index (κ3) is 4.37. The van der Waals surface area contributed by atoms with Crippen molar-refractivity contribution in [3.05, 3.63) is 35.9 Å². The van der Waals surface area contributed by atoms with Crippen LogP contribution < -0.4 is 0 Å². The van der Waals surface area contributed by atoms with E-state index in [2.05, 4.69) is 4.90 Å². The van der Waals surface area contributed by atoms with Crippen molar-refractivity contribution in [3.63, 3.8) is 0 Å². The van der Waals surface area contributed by atoms with Gasteiger partial charge in [-0.3, -0.25) is 0 Å². The average molecular weight is 370 g/mol. The van der Waals surface area contributed by atoms with E-state index in [1.54, 1.807) is 7.11 Å². The first-order valence-electron chi connectivity index (χ1n) is 9.40. The minimum atomic E-state index is -1.07. The predicted molar refractivity (Wildman–Crippen MR) is 102 cm³/mol. The van der Waals surface area contributed by atoms with Crippen LogP contribution in [0.3, 0.4) is 0 Å². The van der Waals surface area contributed by atoms with Crippen molar-refractivity contribution in [1.29, 1.82) is 0 Å². The monoisotopic (exact) mass is 369 g/mol. The number of hydrogen-bond donors (Lipinski definition) is 1. The molecule has 142 valence electrons. The van der Waals surface area contributed by atoms with E-state index in [0.717, 1.165) is 50.9 Å². The molecule has 1 atom stereocenters. The van der Waals surface area contributed by atoms with Crippen LogP contribution in [0.4, 0.5) is 0 Å². The zero-order valence-corrected chi connectivity index (χ0v) is 16.1. The van der Waals surface area contributed by atoms with Crippen molar-refractivity contribution in [2.24, 2.45) is 0 Å². The minimum absolute atomic E-state index is 0. The van der Waals surface area contributed by atoms with Gasteiger partial charge in [0.2, 0.25) is 5.79 Å². The lowest BCUT2D eigenvalue weighted by molar-refractivity contribution is -0.330. The van der Waals surface area contributed by atoms with Crippen LogP contribution in [0, 0.1) is 0 Å². The largest absolute Gasteiger partial charge is 0.384 e. The van der Waals surface area contributed by atoms with Crippen molar-refractivity contribution in [2.45, 2.75) is 56.3 Å². The second kappa shape index (κ2) is 9.33. The second-order valence-corrected chi connectivity index (χ2v) is 7.18. The summed E-state index contributed by atoms with van der Waals surface area (Å²) in [7, 11) is 1.66. The number of nitrogens with zero attached hydrogens (tertiary/aromatic N) is 1. The molecule has 25 heavy (non-hydrogen) atoms. The fraction of sp³-hybridized carbons (Fsp3) is 0.700. The molecule has 1 unspecified atom stereocenters. The van der Waals surface area contributed by atoms with Crippen LogP contribution in [0.25, 0.3) is 0 Å². The van der Waals surface area contributed by atoms with Crippen molar-refractivity contribution < 1.29 is 14.6 Å². The molecule has 5 heteroatoms. The van der Waals surface area contributed by atoms with E-state index in [1.807, 2.05) is 30.3 Å². The molecule has 1 aliphatic carbocycles. The highest BCUT2D eigenvalue weighted by molar-refractivity contribution is 5.85. The molecular formula is C20H32ClNO3. The van der Waals surface area contributed by atoms with E-state index in [1.165, 1.54) is 19.3 Å². The van der Waals surface area contributed by atoms with E-state index >= 15 is 0 Å². The Hall–Kier alpha value is -0.650. The smallest absolute Gasteiger partial charge is 0.224 e. The molecule has 4 nitrogen and oxygen atoms in total. The van der Waals surface area contributed by atoms with Crippen molar-refractivity contribution in [3.8, 4) is 0 Å². The van der Waals surface area contributed by atoms with E-state index in [-0.39, 0.29) is 12.4 Å². The number of likely N-dealkylation sites (tertiary alicyclic amines) is 1. The molecule has 1 aliphatic heterocycles. The van der Waals surface area contributed by atoms with E-state index in [0.29, 0.717) is 6.61 Å². The Morgan fingerprint density at radius 3 is 2.28 bits per heavy atom. The van der Waals surface area contributed by atoms with E-state index < -0.39 is 11.4 Å². The van der Waals surface area contributed by atoms with Gasteiger partial charge in [0, 0.05) is 19.2 Å². The fourth-order valence-electron chi connectivity index (χ4n) is 4.30. The quantitative estimate of drug-likeness (QED) is 0.744. The van der Waals surface area contributed by atoms with Crippen LogP contribution in [0.5, 0.6) is 0 Å². The van der Waals surface area contributed by atoms with Crippen LogP contribution >= 0.6 is 12.4 Å². The summed E-state index contributed by atoms with van der Waals surface area (Å²) in [4.78, 5) is 2.43. The molecule has 3 rings (SSSR count). The molecule has 0 aromatic heterocycles. The number of hydrogen-bond acceptors (Lipinski definition) is 4. The second-order valence-electron chi connectivity index (χ2n) is 7.18. The van der Waals surface area contributed by atoms with Crippen LogP contribution in [0.2, 0.25) is 0 Å². The summed E-state index contributed by atoms with van der Waals surface area (Å²) < 4.78 is 12.3. The molecule has 0 bridgehead atoms. The predicted octanol–water partition coefficient (Wildman–Crippen LogP) is 3.72. The van der Waals surface area contributed by atoms with Gasteiger partial charge in [-0.1, -0.05) is 49.6 Å². The van der Waals surface area contributed by atoms with Crippen molar-refractivity contribution >= 4 is 12.4 Å². The lowest BCUT2D eigenvalue weighted by atomic mass is 9.75. The maximum absolute atomic E-state index is 11.5. The molecule has 1 aromatic carbocycles. The standard InChI is InChI=1S/C20H31NO3.ClH/c1-23-20(18-10-4-2-5-11-18,19(22)12-6-3-7-13-19)24-17-16-21-14-8-9-15-21;/h2,4-5,10-11,22H,3,6-9,12-17H2,1H3;1H. The highest BCUT2D eigenvalue weighted by Gasteiger charge is 2.53. The summed E-state index contributed by atoms with van der Waals surface area (Å²) in [6.07, 6.45) is 7.20. The van der Waals surface area contributed by atoms with Gasteiger partial charge in [0.25, 0.3) is 0 Å². The molecular weight excluding hydrogens is 338 g/mol. The number of ether oxygens (including phenoxy) is 2. The third-order valence-electron chi connectivity index (χ3n) is 5.65. The Labute approximate surface area is 157 Å². The summed E-state index contributed by atoms with van der Waals surface area (Å²) in [5.74, 6) is -1.07. The van der Waals surface area contributed by atoms with Gasteiger partial charge in [-0.2, -0.15) is 0 Å². The van der Waals surface area contributed by atoms with Gasteiger partial charge in [0.15, 0.2) is 0 Å². The molecule has 0 amide bonds. The van der Waals surface area contributed by atoms with E-state index in [9.17, 15) is 5.11 Å². The summed E-state index contributed by atoms with van der Waals surface area (Å²) in [5, 5.41) is 11.5. The number of rotatable bonds is 7. The number of halogens is 1. The molecule has 2 fully saturated rings. The zero-order valence-electron chi connectivity index (χ0n) is 15.3. The topological polar surface area (TPSA) is 41.9 Å².